The Kier molecular flexibility index (Phi) is 5.76. The fraction of sp³-hybridized carbons (Fsp3) is 0.917. The summed E-state index contributed by atoms with van der Waals surface area (Å²) in [5, 5.41) is 8.77. The number of nitrogens with zero attached hydrogens (tertiary/aromatic N) is 2. The van der Waals surface area contributed by atoms with E-state index in [0.717, 1.165) is 0 Å². The average Bonchev–Trinajstić information content (AvgIpc) is 2.28. The second-order valence-electron chi connectivity index (χ2n) is 5.39. The molecule has 0 aromatic heterocycles. The lowest BCUT2D eigenvalue weighted by Gasteiger charge is -2.35. The predicted octanol–water partition coefficient (Wildman–Crippen LogP) is -0.665. The van der Waals surface area contributed by atoms with Crippen molar-refractivity contribution in [2.75, 3.05) is 38.5 Å². The van der Waals surface area contributed by atoms with E-state index in [2.05, 4.69) is 4.90 Å². The molecule has 0 spiro atoms. The first kappa shape index (κ1) is 16.4. The molecule has 1 fully saturated rings. The second kappa shape index (κ2) is 6.67. The minimum Gasteiger partial charge on any atom is -0.392 e. The van der Waals surface area contributed by atoms with Crippen LogP contribution >= 0.6 is 0 Å². The molecule has 6 nitrogen and oxygen atoms in total. The Hall–Kier alpha value is -0.660. The molecule has 1 amide bonds. The van der Waals surface area contributed by atoms with Crippen molar-refractivity contribution >= 4 is 15.7 Å². The lowest BCUT2D eigenvalue weighted by Crippen LogP contribution is -2.51. The van der Waals surface area contributed by atoms with Gasteiger partial charge in [-0.3, -0.25) is 9.69 Å². The van der Waals surface area contributed by atoms with Gasteiger partial charge in [0.1, 0.15) is 5.75 Å². The lowest BCUT2D eigenvalue weighted by atomic mass is 10.3. The summed E-state index contributed by atoms with van der Waals surface area (Å²) in [6.45, 7) is 7.90. The third-order valence-corrected chi connectivity index (χ3v) is 5.38. The quantitative estimate of drug-likeness (QED) is 0.727. The smallest absolute Gasteiger partial charge is 0.237 e. The number of piperazine rings is 1. The topological polar surface area (TPSA) is 77.9 Å². The molecule has 0 bridgehead atoms. The highest BCUT2D eigenvalue weighted by Crippen LogP contribution is 2.07. The Labute approximate surface area is 115 Å². The van der Waals surface area contributed by atoms with E-state index in [9.17, 15) is 18.3 Å². The molecule has 19 heavy (non-hydrogen) atoms. The zero-order valence-electron chi connectivity index (χ0n) is 11.9. The molecule has 0 aromatic carbocycles. The maximum atomic E-state index is 11.9. The van der Waals surface area contributed by atoms with Crippen molar-refractivity contribution in [1.82, 2.24) is 9.80 Å². The van der Waals surface area contributed by atoms with Crippen molar-refractivity contribution in [3.8, 4) is 0 Å². The Morgan fingerprint density at radius 1 is 1.16 bits per heavy atom. The molecule has 1 N–H and O–H groups in total. The molecule has 0 aromatic rings. The number of hydrogen-bond donors (Lipinski definition) is 1. The molecule has 7 heteroatoms. The fourth-order valence-corrected chi connectivity index (χ4v) is 2.84. The number of hydrogen-bond acceptors (Lipinski definition) is 5. The summed E-state index contributed by atoms with van der Waals surface area (Å²) in [6.07, 6.45) is -0.386. The van der Waals surface area contributed by atoms with E-state index in [1.807, 2.05) is 0 Å². The highest BCUT2D eigenvalue weighted by atomic mass is 32.2. The molecule has 0 saturated carbocycles. The maximum Gasteiger partial charge on any atom is 0.237 e. The highest BCUT2D eigenvalue weighted by molar-refractivity contribution is 7.92. The van der Waals surface area contributed by atoms with E-state index >= 15 is 0 Å². The van der Waals surface area contributed by atoms with Gasteiger partial charge in [-0.05, 0) is 20.8 Å². The van der Waals surface area contributed by atoms with Gasteiger partial charge in [0, 0.05) is 32.7 Å². The SMILES string of the molecule is CC(O)CN1CCN(C(=O)CS(=O)(=O)C(C)C)CC1. The van der Waals surface area contributed by atoms with Gasteiger partial charge >= 0.3 is 0 Å². The molecule has 1 aliphatic rings. The van der Waals surface area contributed by atoms with Crippen LogP contribution < -0.4 is 0 Å². The molecular weight excluding hydrogens is 268 g/mol. The number of rotatable bonds is 5. The summed E-state index contributed by atoms with van der Waals surface area (Å²) in [5.41, 5.74) is 0. The number of β-amino-alcohol motifs (C(OH)–C–C–N with tert-alkyl or cyclic N) is 1. The first-order valence-electron chi connectivity index (χ1n) is 6.62. The molecule has 1 saturated heterocycles. The number of aliphatic hydroxyl groups is 1. The van der Waals surface area contributed by atoms with Crippen molar-refractivity contribution in [2.45, 2.75) is 32.1 Å². The van der Waals surface area contributed by atoms with Gasteiger partial charge in [0.2, 0.25) is 5.91 Å². The first-order chi connectivity index (χ1) is 8.72. The Bertz CT molecular complexity index is 398. The minimum atomic E-state index is -3.32. The number of sulfone groups is 1. The van der Waals surface area contributed by atoms with Gasteiger partial charge in [0.15, 0.2) is 9.84 Å². The van der Waals surface area contributed by atoms with Crippen LogP contribution in [-0.2, 0) is 14.6 Å². The van der Waals surface area contributed by atoms with Crippen LogP contribution in [0.1, 0.15) is 20.8 Å². The van der Waals surface area contributed by atoms with E-state index in [-0.39, 0.29) is 12.0 Å². The van der Waals surface area contributed by atoms with Crippen LogP contribution in [0.15, 0.2) is 0 Å². The van der Waals surface area contributed by atoms with Gasteiger partial charge in [-0.15, -0.1) is 0 Å². The van der Waals surface area contributed by atoms with E-state index in [0.29, 0.717) is 32.7 Å². The van der Waals surface area contributed by atoms with E-state index in [1.165, 1.54) is 0 Å². The molecule has 1 atom stereocenters. The van der Waals surface area contributed by atoms with Crippen LogP contribution in [0.25, 0.3) is 0 Å². The molecule has 1 rings (SSSR count). The number of aliphatic hydroxyl groups excluding tert-OH is 1. The first-order valence-corrected chi connectivity index (χ1v) is 8.33. The lowest BCUT2D eigenvalue weighted by molar-refractivity contribution is -0.130. The molecule has 1 aliphatic heterocycles. The third-order valence-electron chi connectivity index (χ3n) is 3.29. The van der Waals surface area contributed by atoms with Gasteiger partial charge < -0.3 is 10.0 Å². The number of amides is 1. The molecule has 1 heterocycles. The average molecular weight is 292 g/mol. The molecule has 1 unspecified atom stereocenters. The Morgan fingerprint density at radius 3 is 2.11 bits per heavy atom. The molecular formula is C12H24N2O4S. The standard InChI is InChI=1S/C12H24N2O4S/c1-10(2)19(17,18)9-12(16)14-6-4-13(5-7-14)8-11(3)15/h10-11,15H,4-9H2,1-3H3. The number of carbonyl (C=O) groups is 1. The highest BCUT2D eigenvalue weighted by Gasteiger charge is 2.27. The Morgan fingerprint density at radius 2 is 1.68 bits per heavy atom. The minimum absolute atomic E-state index is 0.314. The van der Waals surface area contributed by atoms with Crippen molar-refractivity contribution in [1.29, 1.82) is 0 Å². The van der Waals surface area contributed by atoms with E-state index in [4.69, 9.17) is 0 Å². The van der Waals surface area contributed by atoms with Crippen molar-refractivity contribution in [3.05, 3.63) is 0 Å². The largest absolute Gasteiger partial charge is 0.392 e. The van der Waals surface area contributed by atoms with Crippen LogP contribution in [0.2, 0.25) is 0 Å². The normalized spacial score (nSPS) is 19.7. The molecule has 0 aliphatic carbocycles. The van der Waals surface area contributed by atoms with Gasteiger partial charge in [-0.2, -0.15) is 0 Å². The van der Waals surface area contributed by atoms with Gasteiger partial charge in [-0.1, -0.05) is 0 Å². The maximum absolute atomic E-state index is 11.9. The predicted molar refractivity (Wildman–Crippen MR) is 73.6 cm³/mol. The zero-order chi connectivity index (χ0) is 14.6. The van der Waals surface area contributed by atoms with Crippen molar-refractivity contribution in [2.24, 2.45) is 0 Å². The zero-order valence-corrected chi connectivity index (χ0v) is 12.7. The van der Waals surface area contributed by atoms with Crippen LogP contribution in [0.5, 0.6) is 0 Å². The van der Waals surface area contributed by atoms with Gasteiger partial charge in [0.25, 0.3) is 0 Å². The molecule has 0 radical (unpaired) electrons. The third kappa shape index (κ3) is 5.08. The summed E-state index contributed by atoms with van der Waals surface area (Å²) in [5.74, 6) is -0.716. The summed E-state index contributed by atoms with van der Waals surface area (Å²) in [7, 11) is -3.32. The summed E-state index contributed by atoms with van der Waals surface area (Å²) in [4.78, 5) is 15.6. The summed E-state index contributed by atoms with van der Waals surface area (Å²) >= 11 is 0. The van der Waals surface area contributed by atoms with Crippen molar-refractivity contribution < 1.29 is 18.3 Å². The Balaban J connectivity index is 2.45. The van der Waals surface area contributed by atoms with Gasteiger partial charge in [0.05, 0.1) is 11.4 Å². The second-order valence-corrected chi connectivity index (χ2v) is 7.94. The molecule has 112 valence electrons. The monoisotopic (exact) mass is 292 g/mol. The van der Waals surface area contributed by atoms with Crippen LogP contribution in [0.4, 0.5) is 0 Å². The van der Waals surface area contributed by atoms with E-state index < -0.39 is 20.8 Å². The fourth-order valence-electron chi connectivity index (χ4n) is 1.98. The summed E-state index contributed by atoms with van der Waals surface area (Å²) < 4.78 is 23.4. The van der Waals surface area contributed by atoms with Crippen molar-refractivity contribution in [3.63, 3.8) is 0 Å². The van der Waals surface area contributed by atoms with E-state index in [1.54, 1.807) is 25.7 Å². The number of carbonyl (C=O) groups excluding carboxylic acids is 1. The summed E-state index contributed by atoms with van der Waals surface area (Å²) in [6, 6.07) is 0. The van der Waals surface area contributed by atoms with Crippen LogP contribution in [0.3, 0.4) is 0 Å². The van der Waals surface area contributed by atoms with Crippen LogP contribution in [0, 0.1) is 0 Å². The van der Waals surface area contributed by atoms with Crippen LogP contribution in [-0.4, -0.2) is 79.1 Å². The van der Waals surface area contributed by atoms with Gasteiger partial charge in [-0.25, -0.2) is 8.42 Å².